The third-order valence-electron chi connectivity index (χ3n) is 7.39. The van der Waals surface area contributed by atoms with E-state index in [2.05, 4.69) is 10.6 Å². The number of nitrogens with one attached hydrogen (secondary N) is 2. The van der Waals surface area contributed by atoms with Crippen molar-refractivity contribution in [1.82, 2.24) is 5.32 Å². The van der Waals surface area contributed by atoms with Crippen LogP contribution in [0.2, 0.25) is 0 Å². The van der Waals surface area contributed by atoms with Crippen LogP contribution in [0.5, 0.6) is 0 Å². The summed E-state index contributed by atoms with van der Waals surface area (Å²) in [4.78, 5) is 39.7. The number of rotatable bonds is 11. The van der Waals surface area contributed by atoms with E-state index in [-0.39, 0.29) is 18.2 Å². The average Bonchev–Trinajstić information content (AvgIpc) is 3.07. The van der Waals surface area contributed by atoms with Crippen molar-refractivity contribution in [1.29, 1.82) is 0 Å². The normalized spacial score (nSPS) is 11.3. The van der Waals surface area contributed by atoms with Crippen LogP contribution in [-0.2, 0) is 17.8 Å². The van der Waals surface area contributed by atoms with Gasteiger partial charge < -0.3 is 15.7 Å². The lowest BCUT2D eigenvalue weighted by Crippen LogP contribution is -2.36. The molecule has 220 valence electrons. The fraction of sp³-hybridized carbons (Fsp3) is 0.108. The summed E-state index contributed by atoms with van der Waals surface area (Å²) < 4.78 is 0. The van der Waals surface area contributed by atoms with Crippen LogP contribution in [0.4, 0.5) is 16.2 Å². The maximum absolute atomic E-state index is 13.1. The van der Waals surface area contributed by atoms with Crippen molar-refractivity contribution in [2.45, 2.75) is 19.0 Å². The number of carboxylic acid groups (broad SMARTS) is 1. The van der Waals surface area contributed by atoms with Crippen molar-refractivity contribution in [3.63, 3.8) is 0 Å². The van der Waals surface area contributed by atoms with Crippen LogP contribution in [-0.4, -0.2) is 36.0 Å². The molecule has 1 atom stereocenters. The third-order valence-corrected chi connectivity index (χ3v) is 7.39. The molecule has 0 bridgehead atoms. The minimum absolute atomic E-state index is 0.177. The van der Waals surface area contributed by atoms with E-state index in [0.717, 1.165) is 27.9 Å². The number of ketones is 1. The van der Waals surface area contributed by atoms with Crippen molar-refractivity contribution in [3.8, 4) is 11.1 Å². The van der Waals surface area contributed by atoms with Crippen molar-refractivity contribution >= 4 is 29.2 Å². The molecule has 7 heteroatoms. The zero-order valence-electron chi connectivity index (χ0n) is 24.3. The molecule has 0 radical (unpaired) electrons. The summed E-state index contributed by atoms with van der Waals surface area (Å²) in [6.45, 7) is 0.437. The predicted molar refractivity (Wildman–Crippen MR) is 174 cm³/mol. The highest BCUT2D eigenvalue weighted by atomic mass is 16.4. The Hall–Kier alpha value is -5.69. The van der Waals surface area contributed by atoms with E-state index in [1.54, 1.807) is 60.5 Å². The van der Waals surface area contributed by atoms with E-state index in [1.165, 1.54) is 0 Å². The molecule has 0 fully saturated rings. The Morgan fingerprint density at radius 2 is 1.36 bits per heavy atom. The predicted octanol–water partition coefficient (Wildman–Crippen LogP) is 7.04. The number of urea groups is 1. The molecule has 0 aliphatic carbocycles. The first-order chi connectivity index (χ1) is 21.4. The molecule has 44 heavy (non-hydrogen) atoms. The first kappa shape index (κ1) is 29.8. The molecule has 0 saturated heterocycles. The SMILES string of the molecule is CN(C(=O)NCc1ccccc1)c1cccc(-c2ccc(C[C@H](Nc3ccccc3C(=O)c3ccccc3)C(=O)O)cc2)c1. The van der Waals surface area contributed by atoms with Gasteiger partial charge >= 0.3 is 12.0 Å². The van der Waals surface area contributed by atoms with Gasteiger partial charge in [0.2, 0.25) is 0 Å². The molecule has 0 spiro atoms. The van der Waals surface area contributed by atoms with Gasteiger partial charge in [-0.1, -0.05) is 109 Å². The van der Waals surface area contributed by atoms with Gasteiger partial charge in [0, 0.05) is 42.5 Å². The summed E-state index contributed by atoms with van der Waals surface area (Å²) in [5.74, 6) is -1.19. The van der Waals surface area contributed by atoms with Gasteiger partial charge in [0.05, 0.1) is 0 Å². The zero-order chi connectivity index (χ0) is 30.9. The number of amides is 2. The van der Waals surface area contributed by atoms with Crippen LogP contribution < -0.4 is 15.5 Å². The number of para-hydroxylation sites is 1. The number of carboxylic acids is 1. The Kier molecular flexibility index (Phi) is 9.47. The number of nitrogens with zero attached hydrogens (tertiary/aromatic N) is 1. The Balaban J connectivity index is 1.26. The smallest absolute Gasteiger partial charge is 0.326 e. The highest BCUT2D eigenvalue weighted by Crippen LogP contribution is 2.26. The van der Waals surface area contributed by atoms with Crippen molar-refractivity contribution in [2.75, 3.05) is 17.3 Å². The summed E-state index contributed by atoms with van der Waals surface area (Å²) in [7, 11) is 1.73. The number of carbonyl (C=O) groups is 3. The van der Waals surface area contributed by atoms with Gasteiger partial charge in [0.25, 0.3) is 0 Å². The second-order valence-electron chi connectivity index (χ2n) is 10.4. The van der Waals surface area contributed by atoms with Gasteiger partial charge in [-0.2, -0.15) is 0 Å². The van der Waals surface area contributed by atoms with Crippen LogP contribution in [0.3, 0.4) is 0 Å². The second-order valence-corrected chi connectivity index (χ2v) is 10.4. The molecule has 0 aliphatic heterocycles. The van der Waals surface area contributed by atoms with Crippen LogP contribution >= 0.6 is 0 Å². The standard InChI is InChI=1S/C37H33N3O4/c1-40(37(44)38-25-27-11-4-2-5-12-27)31-16-10-15-30(24-31)28-21-19-26(20-22-28)23-34(36(42)43)39-33-18-9-8-17-32(33)35(41)29-13-6-3-7-14-29/h2-22,24,34,39H,23,25H2,1H3,(H,38,44)(H,42,43)/t34-/m0/s1. The van der Waals surface area contributed by atoms with Gasteiger partial charge in [-0.3, -0.25) is 9.69 Å². The van der Waals surface area contributed by atoms with E-state index in [9.17, 15) is 19.5 Å². The number of anilines is 2. The van der Waals surface area contributed by atoms with Crippen LogP contribution in [0.25, 0.3) is 11.1 Å². The van der Waals surface area contributed by atoms with E-state index in [4.69, 9.17) is 0 Å². The summed E-state index contributed by atoms with van der Waals surface area (Å²) >= 11 is 0. The monoisotopic (exact) mass is 583 g/mol. The molecule has 7 nitrogen and oxygen atoms in total. The number of benzene rings is 5. The van der Waals surface area contributed by atoms with Crippen LogP contribution in [0, 0.1) is 0 Å². The Morgan fingerprint density at radius 1 is 0.705 bits per heavy atom. The molecular formula is C37H33N3O4. The molecule has 5 aromatic rings. The molecule has 0 saturated carbocycles. The quantitative estimate of drug-likeness (QED) is 0.145. The maximum Gasteiger partial charge on any atom is 0.326 e. The van der Waals surface area contributed by atoms with E-state index in [0.29, 0.717) is 23.4 Å². The first-order valence-corrected chi connectivity index (χ1v) is 14.3. The average molecular weight is 584 g/mol. The number of carbonyl (C=O) groups excluding carboxylic acids is 2. The topological polar surface area (TPSA) is 98.7 Å². The van der Waals surface area contributed by atoms with Crippen molar-refractivity contribution in [2.24, 2.45) is 0 Å². The van der Waals surface area contributed by atoms with Crippen molar-refractivity contribution < 1.29 is 19.5 Å². The van der Waals surface area contributed by atoms with Gasteiger partial charge in [-0.25, -0.2) is 9.59 Å². The first-order valence-electron chi connectivity index (χ1n) is 14.3. The van der Waals surface area contributed by atoms with Crippen LogP contribution in [0.15, 0.2) is 133 Å². The molecule has 2 amide bonds. The summed E-state index contributed by atoms with van der Waals surface area (Å²) in [6, 6.07) is 39.8. The Labute approximate surface area is 256 Å². The van der Waals surface area contributed by atoms with Crippen molar-refractivity contribution in [3.05, 3.63) is 156 Å². The lowest BCUT2D eigenvalue weighted by atomic mass is 9.98. The minimum atomic E-state index is -1.02. The number of aliphatic carboxylic acids is 1. The van der Waals surface area contributed by atoms with Crippen LogP contribution in [0.1, 0.15) is 27.0 Å². The molecule has 5 rings (SSSR count). The molecule has 3 N–H and O–H groups in total. The summed E-state index contributed by atoms with van der Waals surface area (Å²) in [5, 5.41) is 16.0. The molecule has 0 unspecified atom stereocenters. The van der Waals surface area contributed by atoms with E-state index < -0.39 is 12.0 Å². The van der Waals surface area contributed by atoms with E-state index >= 15 is 0 Å². The Morgan fingerprint density at radius 3 is 2.07 bits per heavy atom. The molecule has 0 heterocycles. The molecular weight excluding hydrogens is 550 g/mol. The lowest BCUT2D eigenvalue weighted by Gasteiger charge is -2.19. The molecule has 5 aromatic carbocycles. The number of hydrogen-bond acceptors (Lipinski definition) is 4. The molecule has 0 aromatic heterocycles. The lowest BCUT2D eigenvalue weighted by molar-refractivity contribution is -0.137. The van der Waals surface area contributed by atoms with Gasteiger partial charge in [0.1, 0.15) is 6.04 Å². The van der Waals surface area contributed by atoms with E-state index in [1.807, 2.05) is 84.9 Å². The zero-order valence-corrected chi connectivity index (χ0v) is 24.3. The number of hydrogen-bond donors (Lipinski definition) is 3. The highest BCUT2D eigenvalue weighted by Gasteiger charge is 2.21. The second kappa shape index (κ2) is 14.0. The Bertz CT molecular complexity index is 1740. The largest absolute Gasteiger partial charge is 0.480 e. The van der Waals surface area contributed by atoms with Gasteiger partial charge in [-0.15, -0.1) is 0 Å². The minimum Gasteiger partial charge on any atom is -0.480 e. The van der Waals surface area contributed by atoms with Gasteiger partial charge in [-0.05, 0) is 46.5 Å². The molecule has 0 aliphatic rings. The fourth-order valence-corrected chi connectivity index (χ4v) is 4.91. The maximum atomic E-state index is 13.1. The highest BCUT2D eigenvalue weighted by molar-refractivity contribution is 6.12. The van der Waals surface area contributed by atoms with Gasteiger partial charge in [0.15, 0.2) is 5.78 Å². The summed E-state index contributed by atoms with van der Waals surface area (Å²) in [5.41, 5.74) is 5.88. The fourth-order valence-electron chi connectivity index (χ4n) is 4.91. The third kappa shape index (κ3) is 7.38. The summed E-state index contributed by atoms with van der Waals surface area (Å²) in [6.07, 6.45) is 0.216.